The molecule has 29 heavy (non-hydrogen) atoms. The van der Waals surface area contributed by atoms with E-state index in [4.69, 9.17) is 9.47 Å². The molecule has 0 aromatic heterocycles. The van der Waals surface area contributed by atoms with Crippen LogP contribution in [0.15, 0.2) is 42.5 Å². The topological polar surface area (TPSA) is 60.0 Å². The van der Waals surface area contributed by atoms with Crippen LogP contribution in [-0.4, -0.2) is 43.8 Å². The highest BCUT2D eigenvalue weighted by Crippen LogP contribution is 2.38. The minimum atomic E-state index is -2.98. The van der Waals surface area contributed by atoms with E-state index < -0.39 is 12.8 Å². The maximum absolute atomic E-state index is 13.2. The zero-order chi connectivity index (χ0) is 20.4. The second-order valence-corrected chi connectivity index (χ2v) is 6.97. The van der Waals surface area contributed by atoms with Crippen LogP contribution in [-0.2, 0) is 4.74 Å². The number of hydrogen-bond donors (Lipinski definition) is 1. The van der Waals surface area contributed by atoms with Crippen molar-refractivity contribution in [2.75, 3.05) is 25.6 Å². The largest absolute Gasteiger partial charge is 0.493 e. The molecule has 2 atom stereocenters. The predicted molar refractivity (Wildman–Crippen MR) is 102 cm³/mol. The quantitative estimate of drug-likeness (QED) is 0.787. The molecule has 0 radical (unpaired) electrons. The van der Waals surface area contributed by atoms with Gasteiger partial charge in [0.15, 0.2) is 11.5 Å². The minimum absolute atomic E-state index is 0.0523. The van der Waals surface area contributed by atoms with Crippen molar-refractivity contribution in [1.29, 1.82) is 0 Å². The number of nitrogens with zero attached hydrogens (tertiary/aromatic N) is 1. The monoisotopic (exact) mass is 404 g/mol. The van der Waals surface area contributed by atoms with E-state index in [1.54, 1.807) is 23.1 Å². The number of carbonyl (C=O) groups is 1. The fourth-order valence-electron chi connectivity index (χ4n) is 3.80. The number of anilines is 1. The third kappa shape index (κ3) is 3.98. The molecular formula is C21H22F2N2O4. The predicted octanol–water partition coefficient (Wildman–Crippen LogP) is 4.04. The smallest absolute Gasteiger partial charge is 0.387 e. The van der Waals surface area contributed by atoms with Gasteiger partial charge in [-0.15, -0.1) is 0 Å². The van der Waals surface area contributed by atoms with Gasteiger partial charge < -0.3 is 24.4 Å². The Labute approximate surface area is 167 Å². The maximum atomic E-state index is 13.2. The summed E-state index contributed by atoms with van der Waals surface area (Å²) in [6.07, 6.45) is 1.23. The molecule has 1 N–H and O–H groups in total. The summed E-state index contributed by atoms with van der Waals surface area (Å²) in [4.78, 5) is 14.9. The normalized spacial score (nSPS) is 21.1. The second-order valence-electron chi connectivity index (χ2n) is 6.97. The van der Waals surface area contributed by atoms with Crippen molar-refractivity contribution >= 4 is 11.6 Å². The number of methoxy groups -OCH3 is 1. The van der Waals surface area contributed by atoms with Gasteiger partial charge in [0.25, 0.3) is 5.91 Å². The van der Waals surface area contributed by atoms with Gasteiger partial charge in [-0.1, -0.05) is 18.2 Å². The van der Waals surface area contributed by atoms with Crippen molar-refractivity contribution in [3.63, 3.8) is 0 Å². The molecule has 2 aromatic rings. The number of benzene rings is 2. The van der Waals surface area contributed by atoms with Crippen LogP contribution >= 0.6 is 0 Å². The number of ether oxygens (including phenoxy) is 3. The summed E-state index contributed by atoms with van der Waals surface area (Å²) in [5.74, 6) is -0.0144. The van der Waals surface area contributed by atoms with E-state index in [-0.39, 0.29) is 23.5 Å². The first-order valence-corrected chi connectivity index (χ1v) is 9.47. The molecule has 154 valence electrons. The van der Waals surface area contributed by atoms with E-state index in [9.17, 15) is 13.6 Å². The molecule has 2 unspecified atom stereocenters. The number of hydrogen-bond acceptors (Lipinski definition) is 5. The molecule has 0 aliphatic carbocycles. The molecule has 2 aliphatic rings. The molecule has 2 heterocycles. The van der Waals surface area contributed by atoms with Gasteiger partial charge in [0, 0.05) is 18.8 Å². The fraction of sp³-hybridized carbons (Fsp3) is 0.381. The zero-order valence-corrected chi connectivity index (χ0v) is 15.9. The highest BCUT2D eigenvalue weighted by atomic mass is 19.3. The van der Waals surface area contributed by atoms with E-state index in [0.717, 1.165) is 12.8 Å². The van der Waals surface area contributed by atoms with Gasteiger partial charge in [0.2, 0.25) is 0 Å². The first kappa shape index (κ1) is 19.4. The molecule has 0 saturated carbocycles. The van der Waals surface area contributed by atoms with E-state index >= 15 is 0 Å². The SMILES string of the molecule is COc1ccc(C2Nc3ccccc3C(=O)N2CC2CCCO2)cc1OC(F)F. The van der Waals surface area contributed by atoms with E-state index in [1.165, 1.54) is 13.2 Å². The zero-order valence-electron chi connectivity index (χ0n) is 15.9. The molecule has 1 amide bonds. The summed E-state index contributed by atoms with van der Waals surface area (Å²) in [5, 5.41) is 3.35. The Morgan fingerprint density at radius 1 is 1.24 bits per heavy atom. The minimum Gasteiger partial charge on any atom is -0.493 e. The van der Waals surface area contributed by atoms with Crippen LogP contribution in [0.5, 0.6) is 11.5 Å². The lowest BCUT2D eigenvalue weighted by atomic mass is 10.0. The van der Waals surface area contributed by atoms with Crippen molar-refractivity contribution in [1.82, 2.24) is 4.90 Å². The Kier molecular flexibility index (Phi) is 5.53. The molecule has 1 saturated heterocycles. The van der Waals surface area contributed by atoms with E-state index in [2.05, 4.69) is 10.1 Å². The number of para-hydroxylation sites is 1. The third-order valence-electron chi connectivity index (χ3n) is 5.17. The van der Waals surface area contributed by atoms with Crippen LogP contribution in [0.3, 0.4) is 0 Å². The standard InChI is InChI=1S/C21H22F2N2O4/c1-27-17-9-8-13(11-18(17)29-21(22)23)19-24-16-7-3-2-6-15(16)20(26)25(19)12-14-5-4-10-28-14/h2-3,6-9,11,14,19,21,24H,4-5,10,12H2,1H3. The molecular weight excluding hydrogens is 382 g/mol. The summed E-state index contributed by atoms with van der Waals surface area (Å²) in [5.41, 5.74) is 1.87. The van der Waals surface area contributed by atoms with Crippen LogP contribution in [0.4, 0.5) is 14.5 Å². The van der Waals surface area contributed by atoms with Crippen molar-refractivity contribution in [3.05, 3.63) is 53.6 Å². The van der Waals surface area contributed by atoms with Crippen LogP contribution < -0.4 is 14.8 Å². The maximum Gasteiger partial charge on any atom is 0.387 e. The summed E-state index contributed by atoms with van der Waals surface area (Å²) < 4.78 is 41.1. The van der Waals surface area contributed by atoms with Crippen molar-refractivity contribution in [2.24, 2.45) is 0 Å². The van der Waals surface area contributed by atoms with Crippen LogP contribution in [0.2, 0.25) is 0 Å². The van der Waals surface area contributed by atoms with Crippen LogP contribution in [0, 0.1) is 0 Å². The summed E-state index contributed by atoms with van der Waals surface area (Å²) in [6, 6.07) is 12.0. The van der Waals surface area contributed by atoms with Gasteiger partial charge in [-0.3, -0.25) is 4.79 Å². The molecule has 8 heteroatoms. The molecule has 2 aliphatic heterocycles. The van der Waals surface area contributed by atoms with Gasteiger partial charge in [0.1, 0.15) is 6.17 Å². The number of halogens is 2. The Hall–Kier alpha value is -2.87. The van der Waals surface area contributed by atoms with Gasteiger partial charge >= 0.3 is 6.61 Å². The summed E-state index contributed by atoms with van der Waals surface area (Å²) in [6.45, 7) is -1.90. The molecule has 1 fully saturated rings. The number of nitrogens with one attached hydrogen (secondary N) is 1. The second kappa shape index (κ2) is 8.24. The molecule has 6 nitrogen and oxygen atoms in total. The van der Waals surface area contributed by atoms with Crippen molar-refractivity contribution < 1.29 is 27.8 Å². The summed E-state index contributed by atoms with van der Waals surface area (Å²) >= 11 is 0. The Morgan fingerprint density at radius 2 is 2.07 bits per heavy atom. The highest BCUT2D eigenvalue weighted by Gasteiger charge is 2.35. The third-order valence-corrected chi connectivity index (χ3v) is 5.17. The first-order valence-electron chi connectivity index (χ1n) is 9.47. The fourth-order valence-corrected chi connectivity index (χ4v) is 3.80. The van der Waals surface area contributed by atoms with Crippen LogP contribution in [0.25, 0.3) is 0 Å². The number of amides is 1. The average molecular weight is 404 g/mol. The average Bonchev–Trinajstić information content (AvgIpc) is 3.23. The molecule has 4 rings (SSSR count). The number of carbonyl (C=O) groups excluding carboxylic acids is 1. The van der Waals surface area contributed by atoms with Gasteiger partial charge in [-0.2, -0.15) is 8.78 Å². The van der Waals surface area contributed by atoms with E-state index in [0.29, 0.717) is 30.0 Å². The van der Waals surface area contributed by atoms with Gasteiger partial charge in [-0.25, -0.2) is 0 Å². The lowest BCUT2D eigenvalue weighted by molar-refractivity contribution is -0.0513. The Morgan fingerprint density at radius 3 is 2.79 bits per heavy atom. The van der Waals surface area contributed by atoms with E-state index in [1.807, 2.05) is 18.2 Å². The van der Waals surface area contributed by atoms with Gasteiger partial charge in [-0.05, 0) is 42.7 Å². The highest BCUT2D eigenvalue weighted by molar-refractivity contribution is 6.01. The Bertz CT molecular complexity index is 887. The molecule has 0 spiro atoms. The van der Waals surface area contributed by atoms with Crippen LogP contribution in [0.1, 0.15) is 34.9 Å². The molecule has 0 bridgehead atoms. The summed E-state index contributed by atoms with van der Waals surface area (Å²) in [7, 11) is 1.38. The number of alkyl halides is 2. The Balaban J connectivity index is 1.71. The number of rotatable bonds is 6. The first-order chi connectivity index (χ1) is 14.1. The molecule has 2 aromatic carbocycles. The lowest BCUT2D eigenvalue weighted by Crippen LogP contribution is -2.46. The van der Waals surface area contributed by atoms with Crippen molar-refractivity contribution in [2.45, 2.75) is 31.7 Å². The van der Waals surface area contributed by atoms with Gasteiger partial charge in [0.05, 0.1) is 18.8 Å². The van der Waals surface area contributed by atoms with Crippen molar-refractivity contribution in [3.8, 4) is 11.5 Å². The lowest BCUT2D eigenvalue weighted by Gasteiger charge is -2.39. The number of fused-ring (bicyclic) bond motifs is 1.